The Balaban J connectivity index is 2.52. The summed E-state index contributed by atoms with van der Waals surface area (Å²) in [7, 11) is 1.68. The Bertz CT molecular complexity index is 1080. The highest BCUT2D eigenvalue weighted by atomic mass is 16.4. The van der Waals surface area contributed by atoms with Crippen molar-refractivity contribution in [3.63, 3.8) is 0 Å². The van der Waals surface area contributed by atoms with Crippen LogP contribution in [0.2, 0.25) is 0 Å². The van der Waals surface area contributed by atoms with Gasteiger partial charge < -0.3 is 9.67 Å². The van der Waals surface area contributed by atoms with Crippen LogP contribution in [0.15, 0.2) is 47.3 Å². The van der Waals surface area contributed by atoms with Crippen molar-refractivity contribution in [2.45, 2.75) is 39.5 Å². The monoisotopic (exact) mass is 363 g/mol. The molecular formula is C23H25NO3. The average molecular weight is 363 g/mol. The van der Waals surface area contributed by atoms with Crippen molar-refractivity contribution in [1.82, 2.24) is 4.57 Å². The van der Waals surface area contributed by atoms with E-state index in [4.69, 9.17) is 0 Å². The predicted octanol–water partition coefficient (Wildman–Crippen LogP) is 4.79. The van der Waals surface area contributed by atoms with Crippen molar-refractivity contribution < 1.29 is 9.90 Å². The number of carbonyl (C=O) groups is 1. The molecule has 0 spiro atoms. The number of nitrogens with zero attached hydrogens (tertiary/aromatic N) is 1. The maximum Gasteiger partial charge on any atom is 0.312 e. The molecule has 3 aromatic rings. The molecule has 4 heteroatoms. The minimum Gasteiger partial charge on any atom is -0.481 e. The molecule has 3 rings (SSSR count). The molecule has 1 heterocycles. The molecule has 140 valence electrons. The lowest BCUT2D eigenvalue weighted by Crippen LogP contribution is -2.27. The molecule has 1 atom stereocenters. The predicted molar refractivity (Wildman–Crippen MR) is 109 cm³/mol. The first kappa shape index (κ1) is 18.9. The summed E-state index contributed by atoms with van der Waals surface area (Å²) in [5.41, 5.74) is 4.48. The van der Waals surface area contributed by atoms with Crippen LogP contribution < -0.4 is 5.56 Å². The van der Waals surface area contributed by atoms with Gasteiger partial charge in [-0.15, -0.1) is 0 Å². The molecular weight excluding hydrogens is 338 g/mol. The molecule has 0 aliphatic carbocycles. The van der Waals surface area contributed by atoms with Crippen molar-refractivity contribution in [3.8, 4) is 11.1 Å². The molecule has 0 saturated heterocycles. The minimum absolute atomic E-state index is 0.156. The van der Waals surface area contributed by atoms with Gasteiger partial charge in [0.2, 0.25) is 0 Å². The van der Waals surface area contributed by atoms with E-state index in [1.165, 1.54) is 4.57 Å². The highest BCUT2D eigenvalue weighted by Crippen LogP contribution is 2.37. The second-order valence-corrected chi connectivity index (χ2v) is 7.17. The third-order valence-corrected chi connectivity index (χ3v) is 5.21. The van der Waals surface area contributed by atoms with Gasteiger partial charge in [-0.3, -0.25) is 9.59 Å². The number of hydrogen-bond donors (Lipinski definition) is 1. The number of fused-ring (bicyclic) bond motifs is 1. The maximum absolute atomic E-state index is 13.0. The van der Waals surface area contributed by atoms with Gasteiger partial charge in [0, 0.05) is 23.7 Å². The Hall–Kier alpha value is -2.88. The van der Waals surface area contributed by atoms with E-state index in [0.29, 0.717) is 17.5 Å². The van der Waals surface area contributed by atoms with E-state index in [0.717, 1.165) is 34.1 Å². The van der Waals surface area contributed by atoms with Crippen molar-refractivity contribution in [1.29, 1.82) is 0 Å². The van der Waals surface area contributed by atoms with Crippen molar-refractivity contribution in [3.05, 3.63) is 69.6 Å². The Morgan fingerprint density at radius 2 is 1.78 bits per heavy atom. The van der Waals surface area contributed by atoms with Crippen LogP contribution in [0.5, 0.6) is 0 Å². The van der Waals surface area contributed by atoms with Crippen LogP contribution in [0.4, 0.5) is 0 Å². The van der Waals surface area contributed by atoms with E-state index in [1.807, 2.05) is 57.2 Å². The van der Waals surface area contributed by atoms with Gasteiger partial charge in [-0.2, -0.15) is 0 Å². The molecule has 1 unspecified atom stereocenters. The Morgan fingerprint density at radius 1 is 1.11 bits per heavy atom. The van der Waals surface area contributed by atoms with Crippen LogP contribution in [0.3, 0.4) is 0 Å². The summed E-state index contributed by atoms with van der Waals surface area (Å²) in [6.07, 6.45) is 1.21. The molecule has 2 aromatic carbocycles. The largest absolute Gasteiger partial charge is 0.481 e. The van der Waals surface area contributed by atoms with Crippen molar-refractivity contribution in [2.24, 2.45) is 7.05 Å². The smallest absolute Gasteiger partial charge is 0.312 e. The molecule has 0 bridgehead atoms. The highest BCUT2D eigenvalue weighted by molar-refractivity contribution is 5.99. The van der Waals surface area contributed by atoms with Gasteiger partial charge >= 0.3 is 5.97 Å². The molecule has 4 nitrogen and oxygen atoms in total. The van der Waals surface area contributed by atoms with E-state index in [9.17, 15) is 14.7 Å². The number of aliphatic carboxylic acids is 1. The summed E-state index contributed by atoms with van der Waals surface area (Å²) < 4.78 is 1.53. The van der Waals surface area contributed by atoms with Crippen molar-refractivity contribution in [2.75, 3.05) is 0 Å². The fourth-order valence-corrected chi connectivity index (χ4v) is 3.93. The fourth-order valence-electron chi connectivity index (χ4n) is 3.93. The van der Waals surface area contributed by atoms with Crippen LogP contribution in [-0.4, -0.2) is 15.6 Å². The number of aromatic nitrogens is 1. The lowest BCUT2D eigenvalue weighted by atomic mass is 9.87. The van der Waals surface area contributed by atoms with Crippen LogP contribution in [0.1, 0.15) is 42.5 Å². The molecule has 0 saturated carbocycles. The summed E-state index contributed by atoms with van der Waals surface area (Å²) in [5, 5.41) is 11.3. The summed E-state index contributed by atoms with van der Waals surface area (Å²) in [4.78, 5) is 25.1. The second kappa shape index (κ2) is 7.39. The number of pyridine rings is 1. The van der Waals surface area contributed by atoms with E-state index < -0.39 is 11.9 Å². The van der Waals surface area contributed by atoms with Crippen LogP contribution in [-0.2, 0) is 11.8 Å². The van der Waals surface area contributed by atoms with E-state index in [-0.39, 0.29) is 5.56 Å². The normalized spacial score (nSPS) is 12.3. The fraction of sp³-hybridized carbons (Fsp3) is 0.304. The van der Waals surface area contributed by atoms with E-state index in [2.05, 4.69) is 6.07 Å². The summed E-state index contributed by atoms with van der Waals surface area (Å²) in [5.74, 6) is -1.62. The van der Waals surface area contributed by atoms with Crippen LogP contribution in [0.25, 0.3) is 21.9 Å². The minimum atomic E-state index is -0.895. The van der Waals surface area contributed by atoms with Gasteiger partial charge in [0.15, 0.2) is 0 Å². The summed E-state index contributed by atoms with van der Waals surface area (Å²) in [6, 6.07) is 13.6. The first-order valence-corrected chi connectivity index (χ1v) is 9.28. The SMILES string of the molecule is CCCC(C(=O)O)c1c(-c2ccc(C)cc2C)c2ccccc2c(=O)n1C. The third kappa shape index (κ3) is 3.27. The Labute approximate surface area is 159 Å². The zero-order valence-corrected chi connectivity index (χ0v) is 16.2. The lowest BCUT2D eigenvalue weighted by molar-refractivity contribution is -0.139. The molecule has 0 fully saturated rings. The molecule has 27 heavy (non-hydrogen) atoms. The number of carboxylic acids is 1. The van der Waals surface area contributed by atoms with Crippen LogP contribution >= 0.6 is 0 Å². The Morgan fingerprint density at radius 3 is 2.37 bits per heavy atom. The topological polar surface area (TPSA) is 59.3 Å². The lowest BCUT2D eigenvalue weighted by Gasteiger charge is -2.23. The summed E-state index contributed by atoms with van der Waals surface area (Å²) in [6.45, 7) is 6.03. The highest BCUT2D eigenvalue weighted by Gasteiger charge is 2.28. The summed E-state index contributed by atoms with van der Waals surface area (Å²) >= 11 is 0. The molecule has 1 N–H and O–H groups in total. The average Bonchev–Trinajstić information content (AvgIpc) is 2.63. The number of rotatable bonds is 5. The van der Waals surface area contributed by atoms with Gasteiger partial charge in [0.25, 0.3) is 5.56 Å². The second-order valence-electron chi connectivity index (χ2n) is 7.17. The van der Waals surface area contributed by atoms with E-state index in [1.54, 1.807) is 7.05 Å². The zero-order chi connectivity index (χ0) is 19.7. The maximum atomic E-state index is 13.0. The number of aryl methyl sites for hydroxylation is 2. The standard InChI is InChI=1S/C23H25NO3/c1-5-8-19(23(26)27)21-20(16-12-11-14(2)13-15(16)3)17-9-6-7-10-18(17)22(25)24(21)4/h6-7,9-13,19H,5,8H2,1-4H3,(H,26,27). The molecule has 0 amide bonds. The van der Waals surface area contributed by atoms with E-state index >= 15 is 0 Å². The molecule has 1 aromatic heterocycles. The van der Waals surface area contributed by atoms with Gasteiger partial charge in [-0.05, 0) is 42.8 Å². The van der Waals surface area contributed by atoms with Crippen molar-refractivity contribution >= 4 is 16.7 Å². The first-order chi connectivity index (χ1) is 12.9. The van der Waals surface area contributed by atoms with Crippen LogP contribution in [0, 0.1) is 13.8 Å². The quantitative estimate of drug-likeness (QED) is 0.709. The molecule has 0 radical (unpaired) electrons. The third-order valence-electron chi connectivity index (χ3n) is 5.21. The molecule has 0 aliphatic heterocycles. The first-order valence-electron chi connectivity index (χ1n) is 9.28. The van der Waals surface area contributed by atoms with Gasteiger partial charge in [0.1, 0.15) is 0 Å². The Kier molecular flexibility index (Phi) is 5.17. The van der Waals surface area contributed by atoms with Gasteiger partial charge in [-0.25, -0.2) is 0 Å². The number of hydrogen-bond acceptors (Lipinski definition) is 2. The zero-order valence-electron chi connectivity index (χ0n) is 16.2. The number of carboxylic acid groups (broad SMARTS) is 1. The number of benzene rings is 2. The van der Waals surface area contributed by atoms with Gasteiger partial charge in [0.05, 0.1) is 5.92 Å². The molecule has 0 aliphatic rings. The van der Waals surface area contributed by atoms with Gasteiger partial charge in [-0.1, -0.05) is 55.3 Å².